The Balaban J connectivity index is 1.45. The SMILES string of the molecule is C[C@](I)(c1ccc(C(=O)N(C2CC2)C2CCN(c3ccc(C#N)cc3)CC2)cc1)C(F)(F)F. The molecule has 0 N–H and O–H groups in total. The highest BCUT2D eigenvalue weighted by Crippen LogP contribution is 2.46. The molecule has 2 aliphatic rings. The molecular formula is C25H25F3IN3O. The number of hydrogen-bond acceptors (Lipinski definition) is 3. The summed E-state index contributed by atoms with van der Waals surface area (Å²) in [5.41, 5.74) is 2.28. The van der Waals surface area contributed by atoms with Gasteiger partial charge in [-0.1, -0.05) is 34.7 Å². The fraction of sp³-hybridized carbons (Fsp3) is 0.440. The standard InChI is InChI=1S/C25H25F3IN3O/c1-24(29,25(26,27)28)19-6-4-18(5-7-19)23(33)32(21-10-11-21)22-12-14-31(15-13-22)20-8-2-17(16-30)3-9-20/h2-9,21-22H,10-15H2,1H3/t24-/m0/s1. The van der Waals surface area contributed by atoms with Crippen LogP contribution >= 0.6 is 22.6 Å². The fourth-order valence-corrected chi connectivity index (χ4v) is 4.73. The van der Waals surface area contributed by atoms with Gasteiger partial charge in [-0.15, -0.1) is 0 Å². The third-order valence-electron chi connectivity index (χ3n) is 6.60. The number of hydrogen-bond donors (Lipinski definition) is 0. The van der Waals surface area contributed by atoms with Crippen molar-refractivity contribution in [2.75, 3.05) is 18.0 Å². The maximum absolute atomic E-state index is 13.4. The largest absolute Gasteiger partial charge is 0.406 e. The molecular weight excluding hydrogens is 542 g/mol. The van der Waals surface area contributed by atoms with Crippen LogP contribution in [0.4, 0.5) is 18.9 Å². The first kappa shape index (κ1) is 23.9. The van der Waals surface area contributed by atoms with E-state index in [1.165, 1.54) is 46.9 Å². The number of carbonyl (C=O) groups is 1. The van der Waals surface area contributed by atoms with E-state index in [1.807, 2.05) is 29.2 Å². The highest BCUT2D eigenvalue weighted by Gasteiger charge is 2.50. The van der Waals surface area contributed by atoms with E-state index in [0.717, 1.165) is 51.4 Å². The van der Waals surface area contributed by atoms with E-state index in [2.05, 4.69) is 11.0 Å². The zero-order chi connectivity index (χ0) is 23.8. The summed E-state index contributed by atoms with van der Waals surface area (Å²) >= 11 is 1.42. The molecule has 2 aromatic rings. The van der Waals surface area contributed by atoms with E-state index in [4.69, 9.17) is 5.26 Å². The molecule has 1 amide bonds. The molecule has 1 saturated heterocycles. The monoisotopic (exact) mass is 567 g/mol. The summed E-state index contributed by atoms with van der Waals surface area (Å²) < 4.78 is 38.1. The van der Waals surface area contributed by atoms with Gasteiger partial charge in [0.1, 0.15) is 3.42 Å². The predicted octanol–water partition coefficient (Wildman–Crippen LogP) is 6.04. The Kier molecular flexibility index (Phi) is 6.63. The van der Waals surface area contributed by atoms with Gasteiger partial charge in [-0.2, -0.15) is 18.4 Å². The van der Waals surface area contributed by atoms with Gasteiger partial charge < -0.3 is 9.80 Å². The van der Waals surface area contributed by atoms with Crippen LogP contribution in [0, 0.1) is 11.3 Å². The Morgan fingerprint density at radius 1 is 1.00 bits per heavy atom. The molecule has 0 spiro atoms. The number of amides is 1. The smallest absolute Gasteiger partial charge is 0.371 e. The zero-order valence-corrected chi connectivity index (χ0v) is 20.4. The van der Waals surface area contributed by atoms with Gasteiger partial charge in [0.05, 0.1) is 11.6 Å². The molecule has 4 rings (SSSR count). The summed E-state index contributed by atoms with van der Waals surface area (Å²) in [6.45, 7) is 2.76. The summed E-state index contributed by atoms with van der Waals surface area (Å²) in [7, 11) is 0. The number of halogens is 4. The Morgan fingerprint density at radius 3 is 2.03 bits per heavy atom. The summed E-state index contributed by atoms with van der Waals surface area (Å²) in [5.74, 6) is -0.0944. The Bertz CT molecular complexity index is 1030. The number of nitrogens with zero attached hydrogens (tertiary/aromatic N) is 3. The second-order valence-corrected chi connectivity index (χ2v) is 11.1. The normalized spacial score (nSPS) is 19.0. The quantitative estimate of drug-likeness (QED) is 0.327. The van der Waals surface area contributed by atoms with Crippen molar-refractivity contribution < 1.29 is 18.0 Å². The number of nitriles is 1. The lowest BCUT2D eigenvalue weighted by molar-refractivity contribution is -0.152. The van der Waals surface area contributed by atoms with E-state index in [9.17, 15) is 18.0 Å². The van der Waals surface area contributed by atoms with E-state index >= 15 is 0 Å². The molecule has 174 valence electrons. The minimum Gasteiger partial charge on any atom is -0.371 e. The van der Waals surface area contributed by atoms with Crippen molar-refractivity contribution in [1.82, 2.24) is 4.90 Å². The second kappa shape index (κ2) is 9.16. The van der Waals surface area contributed by atoms with Crippen LogP contribution in [0.2, 0.25) is 0 Å². The van der Waals surface area contributed by atoms with Gasteiger partial charge in [0.25, 0.3) is 5.91 Å². The highest BCUT2D eigenvalue weighted by atomic mass is 127. The summed E-state index contributed by atoms with van der Waals surface area (Å²) in [6.07, 6.45) is -0.762. The minimum atomic E-state index is -4.37. The van der Waals surface area contributed by atoms with Crippen LogP contribution in [0.1, 0.15) is 54.1 Å². The number of benzene rings is 2. The van der Waals surface area contributed by atoms with Gasteiger partial charge in [-0.05, 0) is 74.6 Å². The topological polar surface area (TPSA) is 47.3 Å². The van der Waals surface area contributed by atoms with E-state index < -0.39 is 9.60 Å². The minimum absolute atomic E-state index is 0.0944. The first-order chi connectivity index (χ1) is 15.6. The lowest BCUT2D eigenvalue weighted by atomic mass is 9.97. The van der Waals surface area contributed by atoms with Crippen LogP contribution in [0.15, 0.2) is 48.5 Å². The van der Waals surface area contributed by atoms with Crippen LogP contribution in [-0.4, -0.2) is 42.2 Å². The number of piperidine rings is 1. The average Bonchev–Trinajstić information content (AvgIpc) is 3.64. The van der Waals surface area contributed by atoms with E-state index in [1.54, 1.807) is 0 Å². The summed E-state index contributed by atoms with van der Waals surface area (Å²) in [6, 6.07) is 15.9. The van der Waals surface area contributed by atoms with Gasteiger partial charge in [0.15, 0.2) is 0 Å². The van der Waals surface area contributed by atoms with Crippen molar-refractivity contribution >= 4 is 34.2 Å². The van der Waals surface area contributed by atoms with Crippen LogP contribution in [0.5, 0.6) is 0 Å². The molecule has 8 heteroatoms. The van der Waals surface area contributed by atoms with Crippen LogP contribution in [-0.2, 0) is 3.42 Å². The number of anilines is 1. The van der Waals surface area contributed by atoms with Crippen LogP contribution in [0.3, 0.4) is 0 Å². The lowest BCUT2D eigenvalue weighted by Crippen LogP contribution is -2.48. The maximum atomic E-state index is 13.4. The molecule has 2 aromatic carbocycles. The van der Waals surface area contributed by atoms with Crippen molar-refractivity contribution in [1.29, 1.82) is 5.26 Å². The molecule has 0 radical (unpaired) electrons. The molecule has 33 heavy (non-hydrogen) atoms. The molecule has 0 aromatic heterocycles. The Morgan fingerprint density at radius 2 is 1.55 bits per heavy atom. The summed E-state index contributed by atoms with van der Waals surface area (Å²) in [5, 5.41) is 8.98. The third kappa shape index (κ3) is 4.98. The van der Waals surface area contributed by atoms with Crippen LogP contribution < -0.4 is 4.90 Å². The first-order valence-corrected chi connectivity index (χ1v) is 12.1. The van der Waals surface area contributed by atoms with Gasteiger partial charge in [-0.3, -0.25) is 4.79 Å². The Hall–Kier alpha value is -2.28. The molecule has 4 nitrogen and oxygen atoms in total. The lowest BCUT2D eigenvalue weighted by Gasteiger charge is -2.40. The third-order valence-corrected chi connectivity index (χ3v) is 7.83. The second-order valence-electron chi connectivity index (χ2n) is 8.90. The van der Waals surface area contributed by atoms with Gasteiger partial charge >= 0.3 is 6.18 Å². The number of rotatable bonds is 5. The van der Waals surface area contributed by atoms with Gasteiger partial charge in [-0.25, -0.2) is 0 Å². The highest BCUT2D eigenvalue weighted by molar-refractivity contribution is 14.1. The van der Waals surface area contributed by atoms with E-state index in [-0.39, 0.29) is 23.6 Å². The zero-order valence-electron chi connectivity index (χ0n) is 18.3. The van der Waals surface area contributed by atoms with Crippen molar-refractivity contribution in [2.24, 2.45) is 0 Å². The molecule has 1 saturated carbocycles. The number of alkyl halides is 4. The fourth-order valence-electron chi connectivity index (χ4n) is 4.37. The number of carbonyl (C=O) groups excluding carboxylic acids is 1. The van der Waals surface area contributed by atoms with Crippen LogP contribution in [0.25, 0.3) is 0 Å². The van der Waals surface area contributed by atoms with Crippen molar-refractivity contribution in [2.45, 2.75) is 54.3 Å². The van der Waals surface area contributed by atoms with E-state index in [0.29, 0.717) is 11.1 Å². The molecule has 0 bridgehead atoms. The van der Waals surface area contributed by atoms with Crippen molar-refractivity contribution in [3.8, 4) is 6.07 Å². The molecule has 1 aliphatic carbocycles. The molecule has 1 atom stereocenters. The predicted molar refractivity (Wildman–Crippen MR) is 129 cm³/mol. The van der Waals surface area contributed by atoms with Crippen molar-refractivity contribution in [3.05, 3.63) is 65.2 Å². The maximum Gasteiger partial charge on any atom is 0.406 e. The molecule has 1 aliphatic heterocycles. The van der Waals surface area contributed by atoms with Gasteiger partial charge in [0, 0.05) is 36.4 Å². The Labute approximate surface area is 205 Å². The average molecular weight is 567 g/mol. The first-order valence-electron chi connectivity index (χ1n) is 11.1. The summed E-state index contributed by atoms with van der Waals surface area (Å²) in [4.78, 5) is 17.6. The molecule has 1 heterocycles. The van der Waals surface area contributed by atoms with Crippen molar-refractivity contribution in [3.63, 3.8) is 0 Å². The van der Waals surface area contributed by atoms with Gasteiger partial charge in [0.2, 0.25) is 0 Å². The molecule has 0 unspecified atom stereocenters. The molecule has 2 fully saturated rings.